The molecule has 8 heteroatoms. The summed E-state index contributed by atoms with van der Waals surface area (Å²) in [6, 6.07) is 5.36. The van der Waals surface area contributed by atoms with Crippen LogP contribution < -0.4 is 15.8 Å². The van der Waals surface area contributed by atoms with Crippen LogP contribution in [0.5, 0.6) is 5.75 Å². The first-order chi connectivity index (χ1) is 10.9. The van der Waals surface area contributed by atoms with E-state index < -0.39 is 0 Å². The lowest BCUT2D eigenvalue weighted by molar-refractivity contribution is 0.415. The van der Waals surface area contributed by atoms with E-state index in [0.29, 0.717) is 23.3 Å². The topological polar surface area (TPSA) is 77.5 Å². The molecule has 0 saturated carbocycles. The Morgan fingerprint density at radius 1 is 1.42 bits per heavy atom. The molecule has 0 radical (unpaired) electrons. The molecule has 2 aromatic rings. The predicted molar refractivity (Wildman–Crippen MR) is 110 cm³/mol. The fourth-order valence-electron chi connectivity index (χ4n) is 2.40. The van der Waals surface area contributed by atoms with Crippen molar-refractivity contribution in [3.8, 4) is 5.75 Å². The Morgan fingerprint density at radius 2 is 2.12 bits per heavy atom. The molecule has 6 nitrogen and oxygen atoms in total. The number of nitrogens with one attached hydrogen (secondary N) is 1. The average molecular weight is 464 g/mol. The number of halogens is 2. The molecule has 0 fully saturated rings. The first-order valence-electron chi connectivity index (χ1n) is 7.32. The molecule has 0 aliphatic heterocycles. The van der Waals surface area contributed by atoms with Crippen molar-refractivity contribution < 1.29 is 4.74 Å². The predicted octanol–water partition coefficient (Wildman–Crippen LogP) is 3.29. The minimum atomic E-state index is 0. The van der Waals surface area contributed by atoms with Crippen LogP contribution in [0.25, 0.3) is 0 Å². The Bertz CT molecular complexity index is 729. The monoisotopic (exact) mass is 463 g/mol. The van der Waals surface area contributed by atoms with E-state index in [4.69, 9.17) is 22.1 Å². The van der Waals surface area contributed by atoms with Gasteiger partial charge in [0.05, 0.1) is 17.8 Å². The first-order valence-corrected chi connectivity index (χ1v) is 7.69. The summed E-state index contributed by atoms with van der Waals surface area (Å²) in [7, 11) is 3.52. The summed E-state index contributed by atoms with van der Waals surface area (Å²) in [6.07, 6.45) is 0.803. The second kappa shape index (κ2) is 9.12. The Balaban J connectivity index is 0.00000288. The first kappa shape index (κ1) is 20.6. The van der Waals surface area contributed by atoms with E-state index in [9.17, 15) is 0 Å². The lowest BCUT2D eigenvalue weighted by Gasteiger charge is -2.08. The zero-order chi connectivity index (χ0) is 17.0. The van der Waals surface area contributed by atoms with Gasteiger partial charge in [0.15, 0.2) is 5.96 Å². The molecule has 2 rings (SSSR count). The number of guanidine groups is 1. The van der Waals surface area contributed by atoms with E-state index in [1.54, 1.807) is 19.2 Å². The van der Waals surface area contributed by atoms with Gasteiger partial charge in [-0.2, -0.15) is 5.10 Å². The number of methoxy groups -OCH3 is 1. The Morgan fingerprint density at radius 3 is 2.67 bits per heavy atom. The summed E-state index contributed by atoms with van der Waals surface area (Å²) < 4.78 is 7.00. The number of nitrogens with zero attached hydrogens (tertiary/aromatic N) is 3. The van der Waals surface area contributed by atoms with Crippen LogP contribution in [0.2, 0.25) is 5.02 Å². The highest BCUT2D eigenvalue weighted by molar-refractivity contribution is 14.0. The zero-order valence-corrected chi connectivity index (χ0v) is 17.3. The maximum atomic E-state index is 6.08. The lowest BCUT2D eigenvalue weighted by atomic mass is 10.1. The minimum Gasteiger partial charge on any atom is -0.495 e. The number of benzene rings is 1. The molecule has 1 aromatic heterocycles. The third kappa shape index (κ3) is 5.01. The summed E-state index contributed by atoms with van der Waals surface area (Å²) in [4.78, 5) is 4.35. The summed E-state index contributed by atoms with van der Waals surface area (Å²) in [5.41, 5.74) is 10.1. The van der Waals surface area contributed by atoms with E-state index in [1.807, 2.05) is 24.7 Å². The molecule has 0 amide bonds. The van der Waals surface area contributed by atoms with E-state index >= 15 is 0 Å². The van der Waals surface area contributed by atoms with Gasteiger partial charge >= 0.3 is 0 Å². The van der Waals surface area contributed by atoms with Crippen LogP contribution in [-0.4, -0.2) is 29.4 Å². The van der Waals surface area contributed by atoms with E-state index in [-0.39, 0.29) is 24.0 Å². The molecule has 1 heterocycles. The molecule has 0 unspecified atom stereocenters. The van der Waals surface area contributed by atoms with E-state index in [2.05, 4.69) is 22.3 Å². The van der Waals surface area contributed by atoms with Crippen molar-refractivity contribution in [3.05, 3.63) is 40.2 Å². The number of aryl methyl sites for hydroxylation is 2. The molecule has 0 saturated heterocycles. The molecule has 0 spiro atoms. The third-order valence-corrected chi connectivity index (χ3v) is 4.02. The summed E-state index contributed by atoms with van der Waals surface area (Å²) in [6.45, 7) is 4.66. The Labute approximate surface area is 164 Å². The fraction of sp³-hybridized carbons (Fsp3) is 0.375. The van der Waals surface area contributed by atoms with Crippen LogP contribution in [0.3, 0.4) is 0 Å². The summed E-state index contributed by atoms with van der Waals surface area (Å²) in [5.74, 6) is 0.973. The molecule has 1 aromatic carbocycles. The molecule has 0 aliphatic rings. The zero-order valence-electron chi connectivity index (χ0n) is 14.3. The molecule has 0 aliphatic carbocycles. The molecule has 0 atom stereocenters. The third-order valence-electron chi connectivity index (χ3n) is 3.73. The molecular weight excluding hydrogens is 441 g/mol. The van der Waals surface area contributed by atoms with Gasteiger partial charge in [0.1, 0.15) is 5.75 Å². The number of aliphatic imine (C=N–C) groups is 1. The second-order valence-corrected chi connectivity index (χ2v) is 5.67. The van der Waals surface area contributed by atoms with Crippen LogP contribution in [0.4, 0.5) is 5.69 Å². The van der Waals surface area contributed by atoms with Crippen molar-refractivity contribution in [2.45, 2.75) is 20.3 Å². The summed E-state index contributed by atoms with van der Waals surface area (Å²) in [5, 5.41) is 7.94. The molecule has 3 N–H and O–H groups in total. The highest BCUT2D eigenvalue weighted by Crippen LogP contribution is 2.27. The average Bonchev–Trinajstić information content (AvgIpc) is 2.73. The van der Waals surface area contributed by atoms with Gasteiger partial charge in [-0.25, -0.2) is 0 Å². The SMILES string of the molecule is COc1ccc(NC(N)=NCCc2c(C)nn(C)c2C)cc1Cl.I. The van der Waals surface area contributed by atoms with Gasteiger partial charge in [-0.3, -0.25) is 9.67 Å². The maximum absolute atomic E-state index is 6.08. The smallest absolute Gasteiger partial charge is 0.193 e. The van der Waals surface area contributed by atoms with Crippen LogP contribution in [0.15, 0.2) is 23.2 Å². The van der Waals surface area contributed by atoms with Gasteiger partial charge in [-0.1, -0.05) is 11.6 Å². The molecule has 0 bridgehead atoms. The van der Waals surface area contributed by atoms with Crippen LogP contribution in [-0.2, 0) is 13.5 Å². The van der Waals surface area contributed by atoms with Crippen molar-refractivity contribution in [1.82, 2.24) is 9.78 Å². The van der Waals surface area contributed by atoms with Crippen molar-refractivity contribution in [3.63, 3.8) is 0 Å². The highest BCUT2D eigenvalue weighted by Gasteiger charge is 2.08. The minimum absolute atomic E-state index is 0. The fourth-order valence-corrected chi connectivity index (χ4v) is 2.66. The van der Waals surface area contributed by atoms with Crippen molar-refractivity contribution in [2.75, 3.05) is 19.0 Å². The molecule has 24 heavy (non-hydrogen) atoms. The highest BCUT2D eigenvalue weighted by atomic mass is 127. The van der Waals surface area contributed by atoms with Gasteiger partial charge in [-0.15, -0.1) is 24.0 Å². The normalized spacial score (nSPS) is 11.1. The number of aromatic nitrogens is 2. The van der Waals surface area contributed by atoms with Crippen molar-refractivity contribution >= 4 is 47.2 Å². The number of anilines is 1. The number of hydrogen-bond donors (Lipinski definition) is 2. The van der Waals surface area contributed by atoms with Gasteiger partial charge < -0.3 is 15.8 Å². The quantitative estimate of drug-likeness (QED) is 0.405. The van der Waals surface area contributed by atoms with Crippen LogP contribution >= 0.6 is 35.6 Å². The Hall–Kier alpha value is -1.48. The summed E-state index contributed by atoms with van der Waals surface area (Å²) >= 11 is 6.08. The van der Waals surface area contributed by atoms with Crippen molar-refractivity contribution in [1.29, 1.82) is 0 Å². The van der Waals surface area contributed by atoms with Gasteiger partial charge in [0.2, 0.25) is 0 Å². The number of rotatable bonds is 5. The second-order valence-electron chi connectivity index (χ2n) is 5.26. The van der Waals surface area contributed by atoms with Gasteiger partial charge in [0, 0.05) is 25.0 Å². The maximum Gasteiger partial charge on any atom is 0.193 e. The van der Waals surface area contributed by atoms with Gasteiger partial charge in [-0.05, 0) is 44.0 Å². The van der Waals surface area contributed by atoms with E-state index in [1.165, 1.54) is 5.56 Å². The van der Waals surface area contributed by atoms with Crippen molar-refractivity contribution in [2.24, 2.45) is 17.8 Å². The standard InChI is InChI=1S/C16H22ClN5O.HI/c1-10-13(11(2)22(3)21-10)7-8-19-16(18)20-12-5-6-15(23-4)14(17)9-12;/h5-6,9H,7-8H2,1-4H3,(H3,18,19,20);1H. The molecule has 132 valence electrons. The molecular formula is C16H23ClIN5O. The largest absolute Gasteiger partial charge is 0.495 e. The van der Waals surface area contributed by atoms with E-state index in [0.717, 1.165) is 23.5 Å². The number of ether oxygens (including phenoxy) is 1. The lowest BCUT2D eigenvalue weighted by Crippen LogP contribution is -2.23. The Kier molecular flexibility index (Phi) is 7.82. The number of nitrogens with two attached hydrogens (primary N) is 1. The van der Waals surface area contributed by atoms with Crippen LogP contribution in [0, 0.1) is 13.8 Å². The van der Waals surface area contributed by atoms with Gasteiger partial charge in [0.25, 0.3) is 0 Å². The number of hydrogen-bond acceptors (Lipinski definition) is 3. The van der Waals surface area contributed by atoms with Crippen LogP contribution in [0.1, 0.15) is 17.0 Å².